The lowest BCUT2D eigenvalue weighted by Crippen LogP contribution is -2.13. The van der Waals surface area contributed by atoms with E-state index in [1.54, 1.807) is 0 Å². The predicted molar refractivity (Wildman–Crippen MR) is 81.4 cm³/mol. The average Bonchev–Trinajstić information content (AvgIpc) is 3.00. The van der Waals surface area contributed by atoms with Gasteiger partial charge in [0.2, 0.25) is 0 Å². The first-order chi connectivity index (χ1) is 9.43. The topological polar surface area (TPSA) is 12.0 Å². The molecular formula is C18H17N. The third-order valence-corrected chi connectivity index (χ3v) is 4.24. The normalized spacial score (nSPS) is 19.3. The fraction of sp³-hybridized carbons (Fsp3) is 0.222. The zero-order valence-electron chi connectivity index (χ0n) is 10.9. The summed E-state index contributed by atoms with van der Waals surface area (Å²) in [6, 6.07) is 20.4. The molecule has 1 aliphatic rings. The van der Waals surface area contributed by atoms with E-state index in [1.807, 2.05) is 0 Å². The minimum absolute atomic E-state index is 0.523. The fourth-order valence-corrected chi connectivity index (χ4v) is 3.32. The maximum Gasteiger partial charge on any atom is 0.0327 e. The Balaban J connectivity index is 2.09. The van der Waals surface area contributed by atoms with Crippen LogP contribution in [0.25, 0.3) is 21.5 Å². The first kappa shape index (κ1) is 11.0. The highest BCUT2D eigenvalue weighted by Crippen LogP contribution is 2.34. The third-order valence-electron chi connectivity index (χ3n) is 4.24. The van der Waals surface area contributed by atoms with Gasteiger partial charge in [0.05, 0.1) is 0 Å². The van der Waals surface area contributed by atoms with Crippen LogP contribution in [-0.2, 0) is 0 Å². The van der Waals surface area contributed by atoms with Crippen molar-refractivity contribution in [3.63, 3.8) is 0 Å². The number of fused-ring (bicyclic) bond motifs is 3. The van der Waals surface area contributed by atoms with Gasteiger partial charge in [-0.2, -0.15) is 0 Å². The van der Waals surface area contributed by atoms with Crippen LogP contribution < -0.4 is 5.32 Å². The summed E-state index contributed by atoms with van der Waals surface area (Å²) in [7, 11) is 0. The van der Waals surface area contributed by atoms with Gasteiger partial charge in [0.15, 0.2) is 0 Å². The van der Waals surface area contributed by atoms with Crippen molar-refractivity contribution < 1.29 is 0 Å². The van der Waals surface area contributed by atoms with Gasteiger partial charge in [-0.1, -0.05) is 48.5 Å². The van der Waals surface area contributed by atoms with Crippen molar-refractivity contribution in [3.05, 3.63) is 60.2 Å². The van der Waals surface area contributed by atoms with E-state index in [0.717, 1.165) is 6.54 Å². The van der Waals surface area contributed by atoms with Crippen LogP contribution in [0.4, 0.5) is 0 Å². The molecule has 1 nitrogen and oxygen atoms in total. The summed E-state index contributed by atoms with van der Waals surface area (Å²) in [5.41, 5.74) is 1.46. The van der Waals surface area contributed by atoms with Gasteiger partial charge in [0.1, 0.15) is 0 Å². The average molecular weight is 247 g/mol. The first-order valence-corrected chi connectivity index (χ1v) is 7.07. The number of nitrogens with one attached hydrogen (secondary N) is 1. The molecule has 0 radical (unpaired) electrons. The van der Waals surface area contributed by atoms with E-state index in [9.17, 15) is 0 Å². The number of benzene rings is 3. The van der Waals surface area contributed by atoms with Crippen molar-refractivity contribution in [1.82, 2.24) is 5.32 Å². The number of rotatable bonds is 1. The van der Waals surface area contributed by atoms with Crippen LogP contribution in [0, 0.1) is 0 Å². The molecule has 3 aromatic rings. The van der Waals surface area contributed by atoms with Crippen LogP contribution in [0.3, 0.4) is 0 Å². The summed E-state index contributed by atoms with van der Waals surface area (Å²) in [5, 5.41) is 9.12. The molecule has 0 aliphatic carbocycles. The van der Waals surface area contributed by atoms with Crippen LogP contribution in [0.1, 0.15) is 24.4 Å². The van der Waals surface area contributed by atoms with E-state index in [0.29, 0.717) is 6.04 Å². The van der Waals surface area contributed by atoms with Gasteiger partial charge in [-0.3, -0.25) is 0 Å². The monoisotopic (exact) mass is 247 g/mol. The van der Waals surface area contributed by atoms with Gasteiger partial charge in [0, 0.05) is 6.04 Å². The zero-order chi connectivity index (χ0) is 12.7. The highest BCUT2D eigenvalue weighted by molar-refractivity contribution is 6.09. The Hall–Kier alpha value is -1.86. The largest absolute Gasteiger partial charge is 0.310 e. The van der Waals surface area contributed by atoms with Gasteiger partial charge in [-0.05, 0) is 52.6 Å². The molecule has 1 heteroatoms. The molecule has 0 amide bonds. The smallest absolute Gasteiger partial charge is 0.0327 e. The van der Waals surface area contributed by atoms with Gasteiger partial charge in [0.25, 0.3) is 0 Å². The van der Waals surface area contributed by atoms with E-state index in [1.165, 1.54) is 39.9 Å². The van der Waals surface area contributed by atoms with Crippen LogP contribution in [-0.4, -0.2) is 6.54 Å². The quantitative estimate of drug-likeness (QED) is 0.628. The molecule has 94 valence electrons. The first-order valence-electron chi connectivity index (χ1n) is 7.07. The molecule has 0 unspecified atom stereocenters. The lowest BCUT2D eigenvalue weighted by molar-refractivity contribution is 0.653. The number of hydrogen-bond donors (Lipinski definition) is 1. The van der Waals surface area contributed by atoms with E-state index in [4.69, 9.17) is 0 Å². The molecule has 1 heterocycles. The lowest BCUT2D eigenvalue weighted by atomic mass is 9.93. The van der Waals surface area contributed by atoms with Crippen LogP contribution in [0.2, 0.25) is 0 Å². The molecule has 0 aromatic heterocycles. The minimum Gasteiger partial charge on any atom is -0.310 e. The van der Waals surface area contributed by atoms with E-state index in [-0.39, 0.29) is 0 Å². The summed E-state index contributed by atoms with van der Waals surface area (Å²) >= 11 is 0. The highest BCUT2D eigenvalue weighted by atomic mass is 14.9. The lowest BCUT2D eigenvalue weighted by Gasteiger charge is -2.16. The Labute approximate surface area is 113 Å². The highest BCUT2D eigenvalue weighted by Gasteiger charge is 2.19. The second kappa shape index (κ2) is 4.36. The fourth-order valence-electron chi connectivity index (χ4n) is 3.32. The summed E-state index contributed by atoms with van der Waals surface area (Å²) in [6.45, 7) is 1.14. The van der Waals surface area contributed by atoms with Crippen LogP contribution in [0.5, 0.6) is 0 Å². The summed E-state index contributed by atoms with van der Waals surface area (Å²) < 4.78 is 0. The van der Waals surface area contributed by atoms with Crippen molar-refractivity contribution >= 4 is 21.5 Å². The molecule has 1 saturated heterocycles. The summed E-state index contributed by atoms with van der Waals surface area (Å²) in [4.78, 5) is 0. The standard InChI is InChI=1S/C18H17N/c1-2-7-14-13(6-1)12-17(18-10-5-11-19-18)16-9-4-3-8-15(14)16/h1-4,6-9,12,18-19H,5,10-11H2/t18-/m1/s1. The minimum atomic E-state index is 0.523. The molecule has 0 saturated carbocycles. The molecule has 1 fully saturated rings. The molecule has 1 aliphatic heterocycles. The predicted octanol–water partition coefficient (Wildman–Crippen LogP) is 4.42. The van der Waals surface area contributed by atoms with Crippen molar-refractivity contribution in [2.24, 2.45) is 0 Å². The molecule has 3 aromatic carbocycles. The van der Waals surface area contributed by atoms with Crippen molar-refractivity contribution in [3.8, 4) is 0 Å². The van der Waals surface area contributed by atoms with Crippen molar-refractivity contribution in [1.29, 1.82) is 0 Å². The summed E-state index contributed by atoms with van der Waals surface area (Å²) in [5.74, 6) is 0. The van der Waals surface area contributed by atoms with E-state index >= 15 is 0 Å². The van der Waals surface area contributed by atoms with Crippen molar-refractivity contribution in [2.45, 2.75) is 18.9 Å². The maximum atomic E-state index is 3.63. The Morgan fingerprint density at radius 1 is 0.842 bits per heavy atom. The second-order valence-electron chi connectivity index (χ2n) is 5.38. The Kier molecular flexibility index (Phi) is 2.52. The third kappa shape index (κ3) is 1.73. The van der Waals surface area contributed by atoms with Gasteiger partial charge in [-0.25, -0.2) is 0 Å². The van der Waals surface area contributed by atoms with Crippen LogP contribution in [0.15, 0.2) is 54.6 Å². The molecule has 19 heavy (non-hydrogen) atoms. The SMILES string of the molecule is c1ccc2c(c1)cc([C@H]1CCCN1)c1ccccc12. The van der Waals surface area contributed by atoms with E-state index in [2.05, 4.69) is 59.9 Å². The Bertz CT molecular complexity index is 739. The molecule has 0 bridgehead atoms. The molecule has 1 N–H and O–H groups in total. The zero-order valence-corrected chi connectivity index (χ0v) is 10.9. The Morgan fingerprint density at radius 3 is 2.37 bits per heavy atom. The van der Waals surface area contributed by atoms with Gasteiger partial charge >= 0.3 is 0 Å². The van der Waals surface area contributed by atoms with E-state index < -0.39 is 0 Å². The maximum absolute atomic E-state index is 3.63. The Morgan fingerprint density at radius 2 is 1.58 bits per heavy atom. The molecule has 1 atom stereocenters. The number of hydrogen-bond acceptors (Lipinski definition) is 1. The molecule has 0 spiro atoms. The molecule has 4 rings (SSSR count). The van der Waals surface area contributed by atoms with Crippen LogP contribution >= 0.6 is 0 Å². The van der Waals surface area contributed by atoms with Gasteiger partial charge in [-0.15, -0.1) is 0 Å². The summed E-state index contributed by atoms with van der Waals surface area (Å²) in [6.07, 6.45) is 2.54. The molecular weight excluding hydrogens is 230 g/mol. The van der Waals surface area contributed by atoms with Crippen molar-refractivity contribution in [2.75, 3.05) is 6.54 Å². The van der Waals surface area contributed by atoms with Gasteiger partial charge < -0.3 is 5.32 Å². The second-order valence-corrected chi connectivity index (χ2v) is 5.38.